The molecule has 0 bridgehead atoms. The third kappa shape index (κ3) is 4.59. The van der Waals surface area contributed by atoms with Gasteiger partial charge in [0, 0.05) is 0 Å². The molecule has 26 heavy (non-hydrogen) atoms. The molecule has 2 aromatic rings. The molecule has 2 aromatic carbocycles. The average Bonchev–Trinajstić information content (AvgIpc) is 2.65. The van der Waals surface area contributed by atoms with Gasteiger partial charge < -0.3 is 4.74 Å². The van der Waals surface area contributed by atoms with Crippen molar-refractivity contribution < 1.29 is 17.9 Å². The van der Waals surface area contributed by atoms with Crippen LogP contribution in [0.25, 0.3) is 17.2 Å². The Bertz CT molecular complexity index is 869. The van der Waals surface area contributed by atoms with Gasteiger partial charge in [0.05, 0.1) is 12.0 Å². The van der Waals surface area contributed by atoms with Crippen LogP contribution in [0.2, 0.25) is 0 Å². The van der Waals surface area contributed by atoms with Crippen molar-refractivity contribution in [2.75, 3.05) is 7.11 Å². The van der Waals surface area contributed by atoms with Gasteiger partial charge in [-0.1, -0.05) is 62.9 Å². The first-order valence-electron chi connectivity index (χ1n) is 8.21. The fourth-order valence-electron chi connectivity index (χ4n) is 2.46. The lowest BCUT2D eigenvalue weighted by Gasteiger charge is -2.19. The van der Waals surface area contributed by atoms with Crippen LogP contribution in [0, 0.1) is 5.92 Å². The summed E-state index contributed by atoms with van der Waals surface area (Å²) in [4.78, 5) is 11.9. The van der Waals surface area contributed by atoms with Crippen molar-refractivity contribution in [3.63, 3.8) is 0 Å². The Morgan fingerprint density at radius 1 is 1.04 bits per heavy atom. The summed E-state index contributed by atoms with van der Waals surface area (Å²) in [6.45, 7) is 7.22. The van der Waals surface area contributed by atoms with Gasteiger partial charge in [-0.2, -0.15) is 4.72 Å². The molecule has 5 nitrogen and oxygen atoms in total. The number of rotatable bonds is 7. The van der Waals surface area contributed by atoms with Gasteiger partial charge in [0.2, 0.25) is 10.0 Å². The second kappa shape index (κ2) is 8.29. The Morgan fingerprint density at radius 3 is 1.96 bits per heavy atom. The molecule has 138 valence electrons. The van der Waals surface area contributed by atoms with E-state index in [0.717, 1.165) is 16.7 Å². The minimum absolute atomic E-state index is 0.0958. The Kier molecular flexibility index (Phi) is 6.34. The van der Waals surface area contributed by atoms with Crippen molar-refractivity contribution in [1.29, 1.82) is 0 Å². The molecule has 0 aliphatic heterocycles. The molecule has 0 unspecified atom stereocenters. The summed E-state index contributed by atoms with van der Waals surface area (Å²) < 4.78 is 32.2. The summed E-state index contributed by atoms with van der Waals surface area (Å²) in [5.74, 6) is -0.845. The van der Waals surface area contributed by atoms with E-state index in [1.807, 2.05) is 24.3 Å². The number of hydrogen-bond acceptors (Lipinski definition) is 4. The molecule has 0 spiro atoms. The van der Waals surface area contributed by atoms with Crippen LogP contribution in [0.5, 0.6) is 0 Å². The van der Waals surface area contributed by atoms with Crippen LogP contribution in [-0.4, -0.2) is 27.5 Å². The lowest BCUT2D eigenvalue weighted by atomic mass is 10.0. The fraction of sp³-hybridized carbons (Fsp3) is 0.250. The zero-order valence-electron chi connectivity index (χ0n) is 15.1. The summed E-state index contributed by atoms with van der Waals surface area (Å²) in [5, 5.41) is 0. The van der Waals surface area contributed by atoms with Gasteiger partial charge in [-0.3, -0.25) is 4.79 Å². The van der Waals surface area contributed by atoms with Gasteiger partial charge in [-0.25, -0.2) is 8.42 Å². The topological polar surface area (TPSA) is 72.5 Å². The number of esters is 1. The number of sulfonamides is 1. The summed E-state index contributed by atoms with van der Waals surface area (Å²) >= 11 is 0. The highest BCUT2D eigenvalue weighted by atomic mass is 32.2. The summed E-state index contributed by atoms with van der Waals surface area (Å²) in [7, 11) is -2.60. The first-order chi connectivity index (χ1) is 12.3. The molecule has 0 saturated heterocycles. The van der Waals surface area contributed by atoms with Gasteiger partial charge in [-0.05, 0) is 34.7 Å². The molecule has 0 radical (unpaired) electrons. The van der Waals surface area contributed by atoms with Crippen molar-refractivity contribution in [2.45, 2.75) is 24.8 Å². The van der Waals surface area contributed by atoms with Crippen LogP contribution < -0.4 is 4.72 Å². The van der Waals surface area contributed by atoms with E-state index >= 15 is 0 Å². The maximum absolute atomic E-state index is 12.6. The zero-order chi connectivity index (χ0) is 19.3. The van der Waals surface area contributed by atoms with E-state index in [0.29, 0.717) is 0 Å². The Hall–Kier alpha value is -2.44. The van der Waals surface area contributed by atoms with E-state index in [9.17, 15) is 13.2 Å². The second-order valence-electron chi connectivity index (χ2n) is 6.22. The molecular formula is C20H23NO4S. The van der Waals surface area contributed by atoms with Crippen molar-refractivity contribution in [3.8, 4) is 11.1 Å². The number of hydrogen-bond donors (Lipinski definition) is 1. The smallest absolute Gasteiger partial charge is 0.324 e. The van der Waals surface area contributed by atoms with Crippen LogP contribution in [-0.2, 0) is 19.6 Å². The molecule has 0 aromatic heterocycles. The van der Waals surface area contributed by atoms with Crippen molar-refractivity contribution in [1.82, 2.24) is 4.72 Å². The summed E-state index contributed by atoms with van der Waals surface area (Å²) in [6, 6.07) is 13.4. The molecule has 0 heterocycles. The second-order valence-corrected chi connectivity index (χ2v) is 7.93. The monoisotopic (exact) mass is 373 g/mol. The van der Waals surface area contributed by atoms with Crippen LogP contribution in [0.3, 0.4) is 0 Å². The van der Waals surface area contributed by atoms with Gasteiger partial charge in [0.15, 0.2) is 0 Å². The lowest BCUT2D eigenvalue weighted by molar-refractivity contribution is -0.143. The van der Waals surface area contributed by atoms with Crippen LogP contribution >= 0.6 is 0 Å². The van der Waals surface area contributed by atoms with E-state index in [-0.39, 0.29) is 10.8 Å². The molecule has 0 fully saturated rings. The maximum Gasteiger partial charge on any atom is 0.324 e. The van der Waals surface area contributed by atoms with Gasteiger partial charge >= 0.3 is 5.97 Å². The largest absolute Gasteiger partial charge is 0.468 e. The Labute approximate surface area is 154 Å². The highest BCUT2D eigenvalue weighted by molar-refractivity contribution is 7.89. The molecule has 1 atom stereocenters. The normalized spacial score (nSPS) is 12.6. The molecule has 6 heteroatoms. The Morgan fingerprint density at radius 2 is 1.54 bits per heavy atom. The molecule has 0 saturated carbocycles. The first kappa shape index (κ1) is 19.9. The van der Waals surface area contributed by atoms with E-state index in [4.69, 9.17) is 0 Å². The zero-order valence-corrected chi connectivity index (χ0v) is 15.9. The number of carbonyl (C=O) groups excluding carboxylic acids is 1. The first-order valence-corrected chi connectivity index (χ1v) is 9.70. The third-order valence-electron chi connectivity index (χ3n) is 4.05. The quantitative estimate of drug-likeness (QED) is 0.754. The highest BCUT2D eigenvalue weighted by Crippen LogP contribution is 2.22. The number of nitrogens with one attached hydrogen (secondary N) is 1. The molecule has 2 rings (SSSR count). The van der Waals surface area contributed by atoms with Crippen molar-refractivity contribution in [3.05, 3.63) is 60.7 Å². The average molecular weight is 373 g/mol. The number of ether oxygens (including phenoxy) is 1. The van der Waals surface area contributed by atoms with Crippen LogP contribution in [0.15, 0.2) is 60.0 Å². The van der Waals surface area contributed by atoms with E-state index in [1.165, 1.54) is 19.2 Å². The van der Waals surface area contributed by atoms with Crippen LogP contribution in [0.4, 0.5) is 0 Å². The van der Waals surface area contributed by atoms with E-state index in [2.05, 4.69) is 16.0 Å². The predicted molar refractivity (Wildman–Crippen MR) is 103 cm³/mol. The molecule has 0 aliphatic carbocycles. The van der Waals surface area contributed by atoms with Gasteiger partial charge in [0.1, 0.15) is 6.04 Å². The van der Waals surface area contributed by atoms with E-state index in [1.54, 1.807) is 32.1 Å². The maximum atomic E-state index is 12.6. The number of methoxy groups -OCH3 is 1. The highest BCUT2D eigenvalue weighted by Gasteiger charge is 2.29. The van der Waals surface area contributed by atoms with Crippen LogP contribution in [0.1, 0.15) is 19.4 Å². The molecule has 1 N–H and O–H groups in total. The predicted octanol–water partition coefficient (Wildman–Crippen LogP) is 3.47. The van der Waals surface area contributed by atoms with E-state index < -0.39 is 22.0 Å². The molecular weight excluding hydrogens is 350 g/mol. The molecule has 0 amide bonds. The van der Waals surface area contributed by atoms with Crippen molar-refractivity contribution >= 4 is 22.1 Å². The minimum atomic E-state index is -3.83. The minimum Gasteiger partial charge on any atom is -0.468 e. The number of benzene rings is 2. The van der Waals surface area contributed by atoms with Gasteiger partial charge in [-0.15, -0.1) is 0 Å². The molecule has 0 aliphatic rings. The fourth-order valence-corrected chi connectivity index (χ4v) is 3.79. The number of carbonyl (C=O) groups is 1. The summed E-state index contributed by atoms with van der Waals surface area (Å²) in [5.41, 5.74) is 2.88. The third-order valence-corrected chi connectivity index (χ3v) is 5.51. The van der Waals surface area contributed by atoms with Crippen molar-refractivity contribution in [2.24, 2.45) is 5.92 Å². The SMILES string of the molecule is C=Cc1ccc(-c2ccc(S(=O)(=O)N[C@@H](C(=O)OC)C(C)C)cc2)cc1. The Balaban J connectivity index is 2.24. The summed E-state index contributed by atoms with van der Waals surface area (Å²) in [6.07, 6.45) is 1.76. The standard InChI is InChI=1S/C20H23NO4S/c1-5-15-6-8-16(9-7-15)17-10-12-18(13-11-17)26(23,24)21-19(14(2)3)20(22)25-4/h5-14,19,21H,1H2,2-4H3/t19-/m1/s1. The van der Waals surface area contributed by atoms with Gasteiger partial charge in [0.25, 0.3) is 0 Å². The lowest BCUT2D eigenvalue weighted by Crippen LogP contribution is -2.44.